The van der Waals surface area contributed by atoms with Crippen LogP contribution < -0.4 is 15.4 Å². The largest absolute Gasteiger partial charge is 0.497 e. The molecule has 0 bridgehead atoms. The van der Waals surface area contributed by atoms with Crippen LogP contribution in [0.5, 0.6) is 5.75 Å². The van der Waals surface area contributed by atoms with Crippen molar-refractivity contribution in [1.82, 2.24) is 15.6 Å². The molecule has 1 saturated heterocycles. The van der Waals surface area contributed by atoms with Gasteiger partial charge >= 0.3 is 0 Å². The smallest absolute Gasteiger partial charge is 0.252 e. The Bertz CT molecular complexity index is 750. The van der Waals surface area contributed by atoms with Crippen molar-refractivity contribution in [1.29, 1.82) is 0 Å². The van der Waals surface area contributed by atoms with Crippen LogP contribution >= 0.6 is 0 Å². The molecule has 0 aliphatic carbocycles. The van der Waals surface area contributed by atoms with Gasteiger partial charge in [-0.05, 0) is 49.7 Å². The molecule has 1 amide bonds. The van der Waals surface area contributed by atoms with Crippen molar-refractivity contribution in [3.8, 4) is 16.9 Å². The van der Waals surface area contributed by atoms with E-state index in [1.165, 1.54) is 0 Å². The quantitative estimate of drug-likeness (QED) is 0.785. The summed E-state index contributed by atoms with van der Waals surface area (Å²) in [6.45, 7) is 3.16. The summed E-state index contributed by atoms with van der Waals surface area (Å²) in [5, 5.41) is 6.45. The number of ether oxygens (including phenoxy) is 2. The first-order valence-electron chi connectivity index (χ1n) is 9.23. The molecule has 144 valence electrons. The molecule has 1 aliphatic heterocycles. The molecule has 2 N–H and O–H groups in total. The summed E-state index contributed by atoms with van der Waals surface area (Å²) in [7, 11) is 3.36. The van der Waals surface area contributed by atoms with Gasteiger partial charge < -0.3 is 20.1 Å². The number of nitrogens with one attached hydrogen (secondary N) is 2. The maximum absolute atomic E-state index is 12.7. The number of benzene rings is 1. The Morgan fingerprint density at radius 3 is 2.56 bits per heavy atom. The summed E-state index contributed by atoms with van der Waals surface area (Å²) in [6.07, 6.45) is 5.35. The Balaban J connectivity index is 1.69. The molecule has 1 aromatic heterocycles. The second-order valence-corrected chi connectivity index (χ2v) is 7.06. The van der Waals surface area contributed by atoms with Gasteiger partial charge in [0.15, 0.2) is 0 Å². The number of nitrogens with zero attached hydrogens (tertiary/aromatic N) is 1. The van der Waals surface area contributed by atoms with Crippen molar-refractivity contribution < 1.29 is 14.3 Å². The molecule has 2 aromatic rings. The molecule has 1 aliphatic rings. The molecule has 0 spiro atoms. The number of carbonyl (C=O) groups is 1. The highest BCUT2D eigenvalue weighted by atomic mass is 16.5. The first-order chi connectivity index (χ1) is 13.2. The molecule has 2 heterocycles. The highest BCUT2D eigenvalue weighted by molar-refractivity contribution is 5.95. The van der Waals surface area contributed by atoms with Crippen LogP contribution in [0, 0.1) is 5.41 Å². The average molecular weight is 369 g/mol. The Morgan fingerprint density at radius 1 is 1.15 bits per heavy atom. The van der Waals surface area contributed by atoms with Crippen LogP contribution in [0.1, 0.15) is 23.2 Å². The van der Waals surface area contributed by atoms with E-state index in [1.54, 1.807) is 26.6 Å². The summed E-state index contributed by atoms with van der Waals surface area (Å²) in [4.78, 5) is 16.9. The molecule has 3 rings (SSSR count). The van der Waals surface area contributed by atoms with Crippen molar-refractivity contribution in [3.05, 3.63) is 48.3 Å². The normalized spacial score (nSPS) is 15.9. The van der Waals surface area contributed by atoms with Gasteiger partial charge in [0.1, 0.15) is 5.75 Å². The summed E-state index contributed by atoms with van der Waals surface area (Å²) in [5.41, 5.74) is 2.45. The number of amides is 1. The van der Waals surface area contributed by atoms with Crippen LogP contribution in [0.25, 0.3) is 11.1 Å². The van der Waals surface area contributed by atoms with Crippen molar-refractivity contribution in [2.24, 2.45) is 5.41 Å². The van der Waals surface area contributed by atoms with Gasteiger partial charge in [-0.3, -0.25) is 9.78 Å². The minimum absolute atomic E-state index is 0.00329. The highest BCUT2D eigenvalue weighted by Crippen LogP contribution is 2.28. The number of hydrogen-bond donors (Lipinski definition) is 2. The average Bonchev–Trinajstić information content (AvgIpc) is 2.73. The number of aromatic nitrogens is 1. The monoisotopic (exact) mass is 369 g/mol. The third kappa shape index (κ3) is 4.84. The van der Waals surface area contributed by atoms with Gasteiger partial charge in [0.05, 0.1) is 19.3 Å². The predicted molar refractivity (Wildman–Crippen MR) is 105 cm³/mol. The van der Waals surface area contributed by atoms with E-state index < -0.39 is 0 Å². The van der Waals surface area contributed by atoms with E-state index in [-0.39, 0.29) is 11.3 Å². The van der Waals surface area contributed by atoms with E-state index in [9.17, 15) is 4.79 Å². The van der Waals surface area contributed by atoms with Gasteiger partial charge in [-0.25, -0.2) is 0 Å². The first kappa shape index (κ1) is 19.3. The molecular formula is C21H27N3O3. The molecule has 1 fully saturated rings. The fourth-order valence-corrected chi connectivity index (χ4v) is 3.51. The fraction of sp³-hybridized carbons (Fsp3) is 0.429. The molecule has 1 aromatic carbocycles. The third-order valence-corrected chi connectivity index (χ3v) is 5.16. The first-order valence-corrected chi connectivity index (χ1v) is 9.23. The Hall–Kier alpha value is -2.44. The minimum atomic E-state index is -0.105. The molecule has 6 nitrogen and oxygen atoms in total. The SMILES string of the molecule is COCC1(CNC(=O)c2cncc(-c3ccc(OC)cc3)c2)CCNCC1. The van der Waals surface area contributed by atoms with Crippen molar-refractivity contribution >= 4 is 5.91 Å². The maximum atomic E-state index is 12.7. The second kappa shape index (κ2) is 8.97. The third-order valence-electron chi connectivity index (χ3n) is 5.16. The lowest BCUT2D eigenvalue weighted by Gasteiger charge is -2.37. The molecule has 6 heteroatoms. The molecule has 0 atom stereocenters. The van der Waals surface area contributed by atoms with Crippen LogP contribution in [-0.4, -0.2) is 51.4 Å². The summed E-state index contributed by atoms with van der Waals surface area (Å²) >= 11 is 0. The maximum Gasteiger partial charge on any atom is 0.252 e. The van der Waals surface area contributed by atoms with E-state index >= 15 is 0 Å². The Morgan fingerprint density at radius 2 is 1.89 bits per heavy atom. The van der Waals surface area contributed by atoms with Crippen LogP contribution in [-0.2, 0) is 4.74 Å². The predicted octanol–water partition coefficient (Wildman–Crippen LogP) is 2.50. The van der Waals surface area contributed by atoms with E-state index in [2.05, 4.69) is 15.6 Å². The Kier molecular flexibility index (Phi) is 6.42. The number of pyridine rings is 1. The van der Waals surface area contributed by atoms with Gasteiger partial charge in [0.25, 0.3) is 5.91 Å². The van der Waals surface area contributed by atoms with Gasteiger partial charge in [-0.1, -0.05) is 12.1 Å². The number of rotatable bonds is 7. The number of carbonyl (C=O) groups excluding carboxylic acids is 1. The lowest BCUT2D eigenvalue weighted by Crippen LogP contribution is -2.47. The number of piperidine rings is 1. The summed E-state index contributed by atoms with van der Waals surface area (Å²) < 4.78 is 10.6. The van der Waals surface area contributed by atoms with Crippen LogP contribution in [0.4, 0.5) is 0 Å². The second-order valence-electron chi connectivity index (χ2n) is 7.06. The van der Waals surface area contributed by atoms with Gasteiger partial charge in [-0.15, -0.1) is 0 Å². The van der Waals surface area contributed by atoms with Gasteiger partial charge in [0.2, 0.25) is 0 Å². The molecule has 0 radical (unpaired) electrons. The zero-order chi connectivity index (χ0) is 19.1. The lowest BCUT2D eigenvalue weighted by atomic mass is 9.79. The van der Waals surface area contributed by atoms with E-state index in [1.807, 2.05) is 30.3 Å². The van der Waals surface area contributed by atoms with Crippen molar-refractivity contribution in [2.75, 3.05) is 40.5 Å². The van der Waals surface area contributed by atoms with E-state index in [0.29, 0.717) is 18.7 Å². The fourth-order valence-electron chi connectivity index (χ4n) is 3.51. The van der Waals surface area contributed by atoms with Crippen LogP contribution in [0.15, 0.2) is 42.7 Å². The van der Waals surface area contributed by atoms with Crippen molar-refractivity contribution in [3.63, 3.8) is 0 Å². The van der Waals surface area contributed by atoms with E-state index in [0.717, 1.165) is 42.8 Å². The lowest BCUT2D eigenvalue weighted by molar-refractivity contribution is 0.0511. The van der Waals surface area contributed by atoms with Crippen molar-refractivity contribution in [2.45, 2.75) is 12.8 Å². The summed E-state index contributed by atoms with van der Waals surface area (Å²) in [6, 6.07) is 9.58. The van der Waals surface area contributed by atoms with Gasteiger partial charge in [-0.2, -0.15) is 0 Å². The molecule has 0 unspecified atom stereocenters. The zero-order valence-corrected chi connectivity index (χ0v) is 16.0. The van der Waals surface area contributed by atoms with Crippen LogP contribution in [0.2, 0.25) is 0 Å². The molecular weight excluding hydrogens is 342 g/mol. The van der Waals surface area contributed by atoms with Gasteiger partial charge in [0, 0.05) is 37.0 Å². The number of hydrogen-bond acceptors (Lipinski definition) is 5. The number of methoxy groups -OCH3 is 2. The minimum Gasteiger partial charge on any atom is -0.497 e. The summed E-state index contributed by atoms with van der Waals surface area (Å²) in [5.74, 6) is 0.692. The standard InChI is InChI=1S/C21H27N3O3/c1-26-15-21(7-9-22-10-8-21)14-24-20(25)18-11-17(12-23-13-18)16-3-5-19(27-2)6-4-16/h3-6,11-13,22H,7-10,14-15H2,1-2H3,(H,24,25). The Labute approximate surface area is 160 Å². The van der Waals surface area contributed by atoms with Crippen LogP contribution in [0.3, 0.4) is 0 Å². The topological polar surface area (TPSA) is 72.5 Å². The molecule has 0 saturated carbocycles. The zero-order valence-electron chi connectivity index (χ0n) is 16.0. The van der Waals surface area contributed by atoms with E-state index in [4.69, 9.17) is 9.47 Å². The highest BCUT2D eigenvalue weighted by Gasteiger charge is 2.32. The molecule has 27 heavy (non-hydrogen) atoms.